The number of fused-ring (bicyclic) bond motifs is 1. The highest BCUT2D eigenvalue weighted by Crippen LogP contribution is 2.31. The summed E-state index contributed by atoms with van der Waals surface area (Å²) >= 11 is 0. The largest absolute Gasteiger partial charge is 0.496 e. The highest BCUT2D eigenvalue weighted by Gasteiger charge is 2.21. The molecule has 2 nitrogen and oxygen atoms in total. The molecule has 0 fully saturated rings. The van der Waals surface area contributed by atoms with Crippen LogP contribution in [0.2, 0.25) is 0 Å². The van der Waals surface area contributed by atoms with Crippen molar-refractivity contribution in [2.45, 2.75) is 19.0 Å². The first-order valence-corrected chi connectivity index (χ1v) is 6.31. The molecule has 1 heterocycles. The lowest BCUT2D eigenvalue weighted by atomic mass is 9.91. The number of ether oxygens (including phenoxy) is 1. The molecular weight excluding hydrogens is 222 g/mol. The monoisotopic (exact) mass is 239 g/mol. The van der Waals surface area contributed by atoms with Crippen molar-refractivity contribution in [3.63, 3.8) is 0 Å². The molecule has 0 aromatic heterocycles. The number of benzene rings is 2. The molecule has 2 aromatic rings. The molecule has 1 aliphatic heterocycles. The molecule has 1 N–H and O–H groups in total. The fraction of sp³-hybridized carbons (Fsp3) is 0.250. The minimum atomic E-state index is 0.384. The maximum absolute atomic E-state index is 5.47. The zero-order chi connectivity index (χ0) is 12.4. The molecule has 0 saturated heterocycles. The third-order valence-corrected chi connectivity index (χ3v) is 3.60. The summed E-state index contributed by atoms with van der Waals surface area (Å²) < 4.78 is 5.47. The first-order valence-electron chi connectivity index (χ1n) is 6.31. The van der Waals surface area contributed by atoms with Gasteiger partial charge in [0.25, 0.3) is 0 Å². The molecule has 92 valence electrons. The molecule has 18 heavy (non-hydrogen) atoms. The zero-order valence-electron chi connectivity index (χ0n) is 10.5. The molecule has 0 spiro atoms. The van der Waals surface area contributed by atoms with Crippen molar-refractivity contribution in [1.82, 2.24) is 5.32 Å². The highest BCUT2D eigenvalue weighted by molar-refractivity contribution is 5.43. The van der Waals surface area contributed by atoms with E-state index in [4.69, 9.17) is 4.74 Å². The summed E-state index contributed by atoms with van der Waals surface area (Å²) in [5.74, 6) is 1.01. The fourth-order valence-corrected chi connectivity index (χ4v) is 2.63. The van der Waals surface area contributed by atoms with Crippen LogP contribution in [0.15, 0.2) is 48.5 Å². The molecule has 0 saturated carbocycles. The Morgan fingerprint density at radius 3 is 2.67 bits per heavy atom. The number of hydrogen-bond donors (Lipinski definition) is 1. The van der Waals surface area contributed by atoms with Gasteiger partial charge in [-0.05, 0) is 23.6 Å². The quantitative estimate of drug-likeness (QED) is 0.869. The Morgan fingerprint density at radius 2 is 1.89 bits per heavy atom. The van der Waals surface area contributed by atoms with E-state index in [9.17, 15) is 0 Å². The van der Waals surface area contributed by atoms with Gasteiger partial charge in [0, 0.05) is 18.2 Å². The molecule has 0 aliphatic carbocycles. The molecule has 0 amide bonds. The van der Waals surface area contributed by atoms with Crippen LogP contribution in [0.5, 0.6) is 5.75 Å². The van der Waals surface area contributed by atoms with Crippen LogP contribution in [0.1, 0.15) is 22.7 Å². The van der Waals surface area contributed by atoms with E-state index in [0.29, 0.717) is 6.04 Å². The smallest absolute Gasteiger partial charge is 0.122 e. The summed E-state index contributed by atoms with van der Waals surface area (Å²) in [6, 6.07) is 17.3. The molecule has 1 atom stereocenters. The van der Waals surface area contributed by atoms with Gasteiger partial charge < -0.3 is 10.1 Å². The molecular formula is C16H17NO. The number of rotatable bonds is 2. The number of methoxy groups -OCH3 is 1. The van der Waals surface area contributed by atoms with E-state index in [1.165, 1.54) is 16.7 Å². The summed E-state index contributed by atoms with van der Waals surface area (Å²) in [6.45, 7) is 0.909. The van der Waals surface area contributed by atoms with E-state index in [-0.39, 0.29) is 0 Å². The number of nitrogens with one attached hydrogen (secondary N) is 1. The van der Waals surface area contributed by atoms with Crippen LogP contribution in [0.25, 0.3) is 0 Å². The molecule has 1 unspecified atom stereocenters. The fourth-order valence-electron chi connectivity index (χ4n) is 2.63. The predicted molar refractivity (Wildman–Crippen MR) is 72.7 cm³/mol. The van der Waals surface area contributed by atoms with Crippen LogP contribution < -0.4 is 10.1 Å². The van der Waals surface area contributed by atoms with Gasteiger partial charge in [-0.1, -0.05) is 42.5 Å². The van der Waals surface area contributed by atoms with E-state index >= 15 is 0 Å². The summed E-state index contributed by atoms with van der Waals surface area (Å²) in [5, 5.41) is 3.59. The van der Waals surface area contributed by atoms with Crippen molar-refractivity contribution in [3.05, 3.63) is 65.2 Å². The summed E-state index contributed by atoms with van der Waals surface area (Å²) in [6.07, 6.45) is 0.989. The van der Waals surface area contributed by atoms with Gasteiger partial charge in [-0.3, -0.25) is 0 Å². The Hall–Kier alpha value is -1.80. The minimum Gasteiger partial charge on any atom is -0.496 e. The lowest BCUT2D eigenvalue weighted by Crippen LogP contribution is -2.28. The van der Waals surface area contributed by atoms with Crippen molar-refractivity contribution in [3.8, 4) is 5.75 Å². The molecule has 0 radical (unpaired) electrons. The average Bonchev–Trinajstić information content (AvgIpc) is 2.47. The van der Waals surface area contributed by atoms with Crippen LogP contribution in [0, 0.1) is 0 Å². The standard InChI is InChI=1S/C16H17NO/c1-18-16-9-5-8-13-11-17-15(10-14(13)16)12-6-3-2-4-7-12/h2-9,15,17H,10-11H2,1H3. The van der Waals surface area contributed by atoms with Crippen LogP contribution >= 0.6 is 0 Å². The zero-order valence-corrected chi connectivity index (χ0v) is 10.5. The van der Waals surface area contributed by atoms with Crippen LogP contribution in [-0.4, -0.2) is 7.11 Å². The minimum absolute atomic E-state index is 0.384. The van der Waals surface area contributed by atoms with Gasteiger partial charge in [-0.2, -0.15) is 0 Å². The first kappa shape index (κ1) is 11.3. The molecule has 2 heteroatoms. The molecule has 0 bridgehead atoms. The Kier molecular flexibility index (Phi) is 3.03. The lowest BCUT2D eigenvalue weighted by Gasteiger charge is -2.27. The van der Waals surface area contributed by atoms with Crippen molar-refractivity contribution in [2.75, 3.05) is 7.11 Å². The van der Waals surface area contributed by atoms with E-state index in [1.54, 1.807) is 7.11 Å². The van der Waals surface area contributed by atoms with Gasteiger partial charge in [-0.15, -0.1) is 0 Å². The maximum Gasteiger partial charge on any atom is 0.122 e. The van der Waals surface area contributed by atoms with Gasteiger partial charge >= 0.3 is 0 Å². The second kappa shape index (κ2) is 4.83. The van der Waals surface area contributed by atoms with Crippen LogP contribution in [0.4, 0.5) is 0 Å². The Labute approximate surface area is 108 Å². The Balaban J connectivity index is 1.93. The van der Waals surface area contributed by atoms with Crippen molar-refractivity contribution < 1.29 is 4.74 Å². The van der Waals surface area contributed by atoms with Crippen LogP contribution in [-0.2, 0) is 13.0 Å². The van der Waals surface area contributed by atoms with Crippen molar-refractivity contribution >= 4 is 0 Å². The summed E-state index contributed by atoms with van der Waals surface area (Å²) in [5.41, 5.74) is 4.03. The summed E-state index contributed by atoms with van der Waals surface area (Å²) in [7, 11) is 1.75. The lowest BCUT2D eigenvalue weighted by molar-refractivity contribution is 0.397. The summed E-state index contributed by atoms with van der Waals surface area (Å²) in [4.78, 5) is 0. The van der Waals surface area contributed by atoms with Gasteiger partial charge in [0.1, 0.15) is 5.75 Å². The normalized spacial score (nSPS) is 18.2. The van der Waals surface area contributed by atoms with Gasteiger partial charge in [-0.25, -0.2) is 0 Å². The first-order chi connectivity index (χ1) is 8.88. The van der Waals surface area contributed by atoms with Gasteiger partial charge in [0.05, 0.1) is 7.11 Å². The average molecular weight is 239 g/mol. The van der Waals surface area contributed by atoms with E-state index < -0.39 is 0 Å². The molecule has 1 aliphatic rings. The number of hydrogen-bond acceptors (Lipinski definition) is 2. The molecule has 2 aromatic carbocycles. The topological polar surface area (TPSA) is 21.3 Å². The van der Waals surface area contributed by atoms with Gasteiger partial charge in [0.15, 0.2) is 0 Å². The van der Waals surface area contributed by atoms with Crippen LogP contribution in [0.3, 0.4) is 0 Å². The second-order valence-corrected chi connectivity index (χ2v) is 4.65. The van der Waals surface area contributed by atoms with E-state index in [1.807, 2.05) is 6.07 Å². The third kappa shape index (κ3) is 2.00. The SMILES string of the molecule is COc1cccc2c1CC(c1ccccc1)NC2. The van der Waals surface area contributed by atoms with Gasteiger partial charge in [0.2, 0.25) is 0 Å². The second-order valence-electron chi connectivity index (χ2n) is 4.65. The van der Waals surface area contributed by atoms with Crippen molar-refractivity contribution in [2.24, 2.45) is 0 Å². The predicted octanol–water partition coefficient (Wildman–Crippen LogP) is 3.08. The van der Waals surface area contributed by atoms with Crippen molar-refractivity contribution in [1.29, 1.82) is 0 Å². The van der Waals surface area contributed by atoms with E-state index in [0.717, 1.165) is 18.7 Å². The third-order valence-electron chi connectivity index (χ3n) is 3.60. The molecule has 3 rings (SSSR count). The van der Waals surface area contributed by atoms with E-state index in [2.05, 4.69) is 47.8 Å². The Morgan fingerprint density at radius 1 is 1.06 bits per heavy atom. The Bertz CT molecular complexity index is 522. The highest BCUT2D eigenvalue weighted by atomic mass is 16.5. The maximum atomic E-state index is 5.47.